The molecule has 1 N–H and O–H groups in total. The summed E-state index contributed by atoms with van der Waals surface area (Å²) in [6, 6.07) is 1.48. The Labute approximate surface area is 132 Å². The first-order chi connectivity index (χ1) is 10.1. The Balaban J connectivity index is 1.89. The van der Waals surface area contributed by atoms with Crippen molar-refractivity contribution < 1.29 is 0 Å². The van der Waals surface area contributed by atoms with Crippen LogP contribution in [-0.4, -0.2) is 61.7 Å². The Morgan fingerprint density at radius 2 is 1.95 bits per heavy atom. The second kappa shape index (κ2) is 8.50. The quantitative estimate of drug-likeness (QED) is 0.813. The molecule has 4 atom stereocenters. The van der Waals surface area contributed by atoms with Crippen LogP contribution >= 0.6 is 0 Å². The normalized spacial score (nSPS) is 36.0. The second-order valence-electron chi connectivity index (χ2n) is 7.48. The first-order valence-electron chi connectivity index (χ1n) is 9.30. The molecule has 1 saturated heterocycles. The molecule has 1 saturated carbocycles. The molecule has 0 radical (unpaired) electrons. The fourth-order valence-corrected chi connectivity index (χ4v) is 4.39. The highest BCUT2D eigenvalue weighted by Crippen LogP contribution is 2.33. The molecule has 3 nitrogen and oxygen atoms in total. The molecule has 0 amide bonds. The van der Waals surface area contributed by atoms with Crippen LogP contribution in [0.5, 0.6) is 0 Å². The summed E-state index contributed by atoms with van der Waals surface area (Å²) in [5.41, 5.74) is 0. The SMILES string of the molecule is CCCC1CCC(NCC)C(CN2CCN(C)C(C)C2)C1. The van der Waals surface area contributed by atoms with Crippen molar-refractivity contribution in [3.63, 3.8) is 0 Å². The monoisotopic (exact) mass is 295 g/mol. The summed E-state index contributed by atoms with van der Waals surface area (Å²) in [6.45, 7) is 13.2. The van der Waals surface area contributed by atoms with E-state index < -0.39 is 0 Å². The zero-order valence-corrected chi connectivity index (χ0v) is 14.8. The number of hydrogen-bond acceptors (Lipinski definition) is 3. The van der Waals surface area contributed by atoms with E-state index in [1.165, 1.54) is 58.3 Å². The molecule has 3 heteroatoms. The van der Waals surface area contributed by atoms with E-state index in [2.05, 4.69) is 42.9 Å². The van der Waals surface area contributed by atoms with Gasteiger partial charge in [0.15, 0.2) is 0 Å². The summed E-state index contributed by atoms with van der Waals surface area (Å²) in [4.78, 5) is 5.23. The maximum absolute atomic E-state index is 3.77. The third-order valence-corrected chi connectivity index (χ3v) is 5.79. The maximum atomic E-state index is 3.77. The molecule has 1 heterocycles. The molecule has 4 unspecified atom stereocenters. The molecule has 1 aliphatic heterocycles. The smallest absolute Gasteiger partial charge is 0.0192 e. The van der Waals surface area contributed by atoms with Crippen LogP contribution in [0.4, 0.5) is 0 Å². The minimum Gasteiger partial charge on any atom is -0.314 e. The average Bonchev–Trinajstić information content (AvgIpc) is 2.46. The van der Waals surface area contributed by atoms with E-state index in [1.54, 1.807) is 0 Å². The van der Waals surface area contributed by atoms with Crippen LogP contribution in [0.3, 0.4) is 0 Å². The van der Waals surface area contributed by atoms with Crippen LogP contribution in [0.1, 0.15) is 52.9 Å². The predicted molar refractivity (Wildman–Crippen MR) is 91.7 cm³/mol. The Morgan fingerprint density at radius 3 is 2.62 bits per heavy atom. The molecule has 2 fully saturated rings. The Kier molecular flexibility index (Phi) is 6.97. The van der Waals surface area contributed by atoms with E-state index in [9.17, 15) is 0 Å². The van der Waals surface area contributed by atoms with Gasteiger partial charge in [0.25, 0.3) is 0 Å². The molecule has 0 bridgehead atoms. The van der Waals surface area contributed by atoms with E-state index in [-0.39, 0.29) is 0 Å². The van der Waals surface area contributed by atoms with Crippen molar-refractivity contribution in [2.75, 3.05) is 39.8 Å². The molecule has 2 rings (SSSR count). The lowest BCUT2D eigenvalue weighted by Crippen LogP contribution is -2.53. The van der Waals surface area contributed by atoms with E-state index in [0.29, 0.717) is 6.04 Å². The van der Waals surface area contributed by atoms with Gasteiger partial charge in [-0.3, -0.25) is 0 Å². The minimum absolute atomic E-state index is 0.714. The fourth-order valence-electron chi connectivity index (χ4n) is 4.39. The van der Waals surface area contributed by atoms with E-state index in [1.807, 2.05) is 0 Å². The van der Waals surface area contributed by atoms with Crippen LogP contribution in [0.25, 0.3) is 0 Å². The van der Waals surface area contributed by atoms with Gasteiger partial charge in [0.2, 0.25) is 0 Å². The fraction of sp³-hybridized carbons (Fsp3) is 1.00. The highest BCUT2D eigenvalue weighted by Gasteiger charge is 2.32. The zero-order valence-electron chi connectivity index (χ0n) is 14.8. The molecule has 124 valence electrons. The van der Waals surface area contributed by atoms with Gasteiger partial charge in [0.1, 0.15) is 0 Å². The van der Waals surface area contributed by atoms with Crippen LogP contribution in [0, 0.1) is 11.8 Å². The van der Waals surface area contributed by atoms with E-state index in [0.717, 1.165) is 24.4 Å². The predicted octanol–water partition coefficient (Wildman–Crippen LogP) is 2.82. The van der Waals surface area contributed by atoms with Crippen molar-refractivity contribution in [2.45, 2.75) is 65.0 Å². The number of rotatable bonds is 6. The van der Waals surface area contributed by atoms with E-state index >= 15 is 0 Å². The van der Waals surface area contributed by atoms with Gasteiger partial charge in [-0.25, -0.2) is 0 Å². The van der Waals surface area contributed by atoms with Gasteiger partial charge < -0.3 is 15.1 Å². The average molecular weight is 296 g/mol. The van der Waals surface area contributed by atoms with E-state index in [4.69, 9.17) is 0 Å². The molecule has 2 aliphatic rings. The first kappa shape index (κ1) is 17.2. The summed E-state index contributed by atoms with van der Waals surface area (Å²) >= 11 is 0. The second-order valence-corrected chi connectivity index (χ2v) is 7.48. The lowest BCUT2D eigenvalue weighted by Gasteiger charge is -2.43. The van der Waals surface area contributed by atoms with Crippen LogP contribution < -0.4 is 5.32 Å². The maximum Gasteiger partial charge on any atom is 0.0192 e. The first-order valence-corrected chi connectivity index (χ1v) is 9.30. The Morgan fingerprint density at radius 1 is 1.14 bits per heavy atom. The summed E-state index contributed by atoms with van der Waals surface area (Å²) in [7, 11) is 2.27. The summed E-state index contributed by atoms with van der Waals surface area (Å²) in [5, 5.41) is 3.77. The minimum atomic E-state index is 0.714. The number of hydrogen-bond donors (Lipinski definition) is 1. The third-order valence-electron chi connectivity index (χ3n) is 5.79. The number of likely N-dealkylation sites (N-methyl/N-ethyl adjacent to an activating group) is 1. The molecular formula is C18H37N3. The van der Waals surface area contributed by atoms with Crippen molar-refractivity contribution in [1.29, 1.82) is 0 Å². The summed E-state index contributed by atoms with van der Waals surface area (Å²) in [6.07, 6.45) is 7.09. The molecule has 21 heavy (non-hydrogen) atoms. The van der Waals surface area contributed by atoms with Gasteiger partial charge in [0, 0.05) is 38.3 Å². The number of nitrogens with zero attached hydrogens (tertiary/aromatic N) is 2. The van der Waals surface area contributed by atoms with Crippen molar-refractivity contribution in [3.8, 4) is 0 Å². The zero-order chi connectivity index (χ0) is 15.2. The Hall–Kier alpha value is -0.120. The van der Waals surface area contributed by atoms with Crippen molar-refractivity contribution >= 4 is 0 Å². The van der Waals surface area contributed by atoms with Gasteiger partial charge in [-0.05, 0) is 51.6 Å². The number of piperazine rings is 1. The molecule has 0 aromatic carbocycles. The van der Waals surface area contributed by atoms with Gasteiger partial charge in [-0.2, -0.15) is 0 Å². The third kappa shape index (κ3) is 4.94. The standard InChI is InChI=1S/C18H37N3/c1-5-7-16-8-9-18(19-6-2)17(12-16)14-21-11-10-20(4)15(3)13-21/h15-19H,5-14H2,1-4H3. The molecule has 0 aromatic rings. The number of nitrogens with one attached hydrogen (secondary N) is 1. The molecule has 0 spiro atoms. The van der Waals surface area contributed by atoms with Gasteiger partial charge in [-0.15, -0.1) is 0 Å². The van der Waals surface area contributed by atoms with Gasteiger partial charge >= 0.3 is 0 Å². The largest absolute Gasteiger partial charge is 0.314 e. The molecule has 1 aliphatic carbocycles. The lowest BCUT2D eigenvalue weighted by molar-refractivity contribution is 0.0696. The molecular weight excluding hydrogens is 258 g/mol. The highest BCUT2D eigenvalue weighted by molar-refractivity contribution is 4.88. The summed E-state index contributed by atoms with van der Waals surface area (Å²) < 4.78 is 0. The van der Waals surface area contributed by atoms with Crippen molar-refractivity contribution in [2.24, 2.45) is 11.8 Å². The van der Waals surface area contributed by atoms with Gasteiger partial charge in [-0.1, -0.05) is 26.7 Å². The topological polar surface area (TPSA) is 18.5 Å². The highest BCUT2D eigenvalue weighted by atomic mass is 15.3. The van der Waals surface area contributed by atoms with Crippen molar-refractivity contribution in [3.05, 3.63) is 0 Å². The lowest BCUT2D eigenvalue weighted by atomic mass is 9.76. The van der Waals surface area contributed by atoms with Crippen LogP contribution in [-0.2, 0) is 0 Å². The van der Waals surface area contributed by atoms with Gasteiger partial charge in [0.05, 0.1) is 0 Å². The summed E-state index contributed by atoms with van der Waals surface area (Å²) in [5.74, 6) is 1.85. The van der Waals surface area contributed by atoms with Crippen LogP contribution in [0.15, 0.2) is 0 Å². The molecule has 0 aromatic heterocycles. The van der Waals surface area contributed by atoms with Crippen molar-refractivity contribution in [1.82, 2.24) is 15.1 Å². The van der Waals surface area contributed by atoms with Crippen LogP contribution in [0.2, 0.25) is 0 Å². The Bertz CT molecular complexity index is 294.